The Kier molecular flexibility index (Phi) is 9.62. The van der Waals surface area contributed by atoms with Crippen LogP contribution < -0.4 is 10.6 Å². The average Bonchev–Trinajstić information content (AvgIpc) is 2.94. The van der Waals surface area contributed by atoms with Gasteiger partial charge in [0.25, 0.3) is 11.8 Å². The average molecular weight is 519 g/mol. The lowest BCUT2D eigenvalue weighted by molar-refractivity contribution is -0.325. The lowest BCUT2D eigenvalue weighted by Crippen LogP contribution is -2.54. The smallest absolute Gasteiger partial charge is 0.251 e. The second kappa shape index (κ2) is 13.3. The van der Waals surface area contributed by atoms with Crippen molar-refractivity contribution in [3.8, 4) is 0 Å². The highest BCUT2D eigenvalue weighted by molar-refractivity contribution is 5.94. The molecule has 1 saturated heterocycles. The SMILES string of the molecule is CC1(C)OC[C@H](OCc2ccccc2)O[C@H](CNC(=O)c2ccccc2)[C@H](CNC(=O)c2ccccc2)O1. The van der Waals surface area contributed by atoms with Gasteiger partial charge in [0.05, 0.1) is 6.61 Å². The van der Waals surface area contributed by atoms with Gasteiger partial charge in [0.15, 0.2) is 12.1 Å². The van der Waals surface area contributed by atoms with Crippen LogP contribution in [0.5, 0.6) is 0 Å². The molecule has 200 valence electrons. The van der Waals surface area contributed by atoms with Crippen molar-refractivity contribution in [2.75, 3.05) is 19.7 Å². The van der Waals surface area contributed by atoms with E-state index in [1.165, 1.54) is 0 Å². The molecule has 4 rings (SSSR count). The van der Waals surface area contributed by atoms with E-state index in [4.69, 9.17) is 18.9 Å². The van der Waals surface area contributed by atoms with Crippen LogP contribution in [0.4, 0.5) is 0 Å². The minimum absolute atomic E-state index is 0.131. The van der Waals surface area contributed by atoms with Gasteiger partial charge in [0, 0.05) is 24.2 Å². The van der Waals surface area contributed by atoms with E-state index < -0.39 is 24.3 Å². The van der Waals surface area contributed by atoms with Crippen LogP contribution in [0.15, 0.2) is 91.0 Å². The standard InChI is InChI=1S/C30H34N2O6/c1-30(2)36-21-27(35-20-22-12-6-3-7-13-22)37-25(18-31-28(33)23-14-8-4-9-15-23)26(38-30)19-32-29(34)24-16-10-5-11-17-24/h3-17,25-27H,18-21H2,1-2H3,(H,31,33)(H,32,34)/t25-,26+,27-/m1/s1. The monoisotopic (exact) mass is 518 g/mol. The molecule has 38 heavy (non-hydrogen) atoms. The molecule has 8 heteroatoms. The van der Waals surface area contributed by atoms with Crippen LogP contribution in [-0.2, 0) is 25.6 Å². The highest BCUT2D eigenvalue weighted by atomic mass is 16.8. The molecule has 0 aromatic heterocycles. The summed E-state index contributed by atoms with van der Waals surface area (Å²) in [6.45, 7) is 4.34. The Hall–Kier alpha value is -3.56. The lowest BCUT2D eigenvalue weighted by Gasteiger charge is -2.40. The summed E-state index contributed by atoms with van der Waals surface area (Å²) in [5.41, 5.74) is 2.07. The van der Waals surface area contributed by atoms with E-state index in [-0.39, 0.29) is 31.5 Å². The molecular formula is C30H34N2O6. The maximum atomic E-state index is 12.8. The highest BCUT2D eigenvalue weighted by Gasteiger charge is 2.37. The molecule has 2 N–H and O–H groups in total. The lowest BCUT2D eigenvalue weighted by atomic mass is 10.1. The molecule has 0 bridgehead atoms. The Morgan fingerprint density at radius 1 is 0.789 bits per heavy atom. The number of hydrogen-bond donors (Lipinski definition) is 2. The molecule has 2 amide bonds. The second-order valence-electron chi connectivity index (χ2n) is 9.42. The summed E-state index contributed by atoms with van der Waals surface area (Å²) in [4.78, 5) is 25.5. The predicted octanol–water partition coefficient (Wildman–Crippen LogP) is 3.93. The molecule has 3 atom stereocenters. The van der Waals surface area contributed by atoms with E-state index in [1.54, 1.807) is 62.4 Å². The van der Waals surface area contributed by atoms with Crippen molar-refractivity contribution in [2.45, 2.75) is 44.7 Å². The van der Waals surface area contributed by atoms with Gasteiger partial charge >= 0.3 is 0 Å². The zero-order chi connectivity index (χ0) is 26.8. The number of carbonyl (C=O) groups excluding carboxylic acids is 2. The van der Waals surface area contributed by atoms with Crippen LogP contribution in [0, 0.1) is 0 Å². The Bertz CT molecular complexity index is 1160. The summed E-state index contributed by atoms with van der Waals surface area (Å²) in [5, 5.41) is 5.86. The number of carbonyl (C=O) groups is 2. The molecule has 3 aromatic carbocycles. The Morgan fingerprint density at radius 2 is 1.29 bits per heavy atom. The van der Waals surface area contributed by atoms with Crippen molar-refractivity contribution in [3.05, 3.63) is 108 Å². The first-order chi connectivity index (χ1) is 18.4. The second-order valence-corrected chi connectivity index (χ2v) is 9.42. The van der Waals surface area contributed by atoms with Gasteiger partial charge in [-0.15, -0.1) is 0 Å². The minimum Gasteiger partial charge on any atom is -0.349 e. The maximum Gasteiger partial charge on any atom is 0.251 e. The molecule has 0 saturated carbocycles. The largest absolute Gasteiger partial charge is 0.349 e. The van der Waals surface area contributed by atoms with Crippen molar-refractivity contribution < 1.29 is 28.5 Å². The van der Waals surface area contributed by atoms with E-state index in [0.717, 1.165) is 5.56 Å². The maximum absolute atomic E-state index is 12.8. The molecule has 1 fully saturated rings. The normalized spacial score (nSPS) is 21.1. The van der Waals surface area contributed by atoms with E-state index in [1.807, 2.05) is 42.5 Å². The van der Waals surface area contributed by atoms with Crippen LogP contribution >= 0.6 is 0 Å². The van der Waals surface area contributed by atoms with Crippen LogP contribution in [0.25, 0.3) is 0 Å². The Balaban J connectivity index is 1.49. The van der Waals surface area contributed by atoms with Crippen LogP contribution in [0.3, 0.4) is 0 Å². The van der Waals surface area contributed by atoms with Crippen LogP contribution in [0.1, 0.15) is 40.1 Å². The summed E-state index contributed by atoms with van der Waals surface area (Å²) >= 11 is 0. The minimum atomic E-state index is -0.984. The van der Waals surface area contributed by atoms with E-state index in [0.29, 0.717) is 17.7 Å². The molecule has 1 aliphatic rings. The van der Waals surface area contributed by atoms with Gasteiger partial charge in [-0.25, -0.2) is 0 Å². The van der Waals surface area contributed by atoms with Gasteiger partial charge in [-0.3, -0.25) is 9.59 Å². The van der Waals surface area contributed by atoms with Crippen molar-refractivity contribution >= 4 is 11.8 Å². The topological polar surface area (TPSA) is 95.1 Å². The number of ether oxygens (including phenoxy) is 4. The first-order valence-electron chi connectivity index (χ1n) is 12.7. The van der Waals surface area contributed by atoms with Gasteiger partial charge in [-0.2, -0.15) is 0 Å². The first kappa shape index (κ1) is 27.5. The molecule has 0 radical (unpaired) electrons. The number of amides is 2. The highest BCUT2D eigenvalue weighted by Crippen LogP contribution is 2.23. The number of hydrogen-bond acceptors (Lipinski definition) is 6. The van der Waals surface area contributed by atoms with E-state index in [9.17, 15) is 9.59 Å². The molecule has 0 unspecified atom stereocenters. The van der Waals surface area contributed by atoms with Crippen molar-refractivity contribution in [1.82, 2.24) is 10.6 Å². The van der Waals surface area contributed by atoms with Gasteiger partial charge in [0.2, 0.25) is 0 Å². The fourth-order valence-corrected chi connectivity index (χ4v) is 4.04. The quantitative estimate of drug-likeness (QED) is 0.446. The summed E-state index contributed by atoms with van der Waals surface area (Å²) < 4.78 is 24.6. The molecule has 0 aliphatic carbocycles. The third-order valence-electron chi connectivity index (χ3n) is 6.02. The fraction of sp³-hybridized carbons (Fsp3) is 0.333. The number of nitrogens with one attached hydrogen (secondary N) is 2. The van der Waals surface area contributed by atoms with E-state index >= 15 is 0 Å². The van der Waals surface area contributed by atoms with Crippen molar-refractivity contribution in [2.24, 2.45) is 0 Å². The fourth-order valence-electron chi connectivity index (χ4n) is 4.04. The zero-order valence-electron chi connectivity index (χ0n) is 21.7. The molecule has 3 aromatic rings. The third kappa shape index (κ3) is 8.22. The van der Waals surface area contributed by atoms with E-state index in [2.05, 4.69) is 10.6 Å². The predicted molar refractivity (Wildman–Crippen MR) is 142 cm³/mol. The van der Waals surface area contributed by atoms with Crippen LogP contribution in [0.2, 0.25) is 0 Å². The zero-order valence-corrected chi connectivity index (χ0v) is 21.7. The summed E-state index contributed by atoms with van der Waals surface area (Å²) in [5.74, 6) is -1.46. The molecule has 1 aliphatic heterocycles. The summed E-state index contributed by atoms with van der Waals surface area (Å²) in [7, 11) is 0. The first-order valence-corrected chi connectivity index (χ1v) is 12.7. The van der Waals surface area contributed by atoms with Crippen molar-refractivity contribution in [3.63, 3.8) is 0 Å². The van der Waals surface area contributed by atoms with Gasteiger partial charge in [-0.05, 0) is 43.7 Å². The molecule has 1 heterocycles. The van der Waals surface area contributed by atoms with Gasteiger partial charge in [0.1, 0.15) is 18.8 Å². The van der Waals surface area contributed by atoms with Crippen LogP contribution in [-0.4, -0.2) is 55.8 Å². The van der Waals surface area contributed by atoms with Gasteiger partial charge in [-0.1, -0.05) is 66.7 Å². The summed E-state index contributed by atoms with van der Waals surface area (Å²) in [6.07, 6.45) is -2.00. The summed E-state index contributed by atoms with van der Waals surface area (Å²) in [6, 6.07) is 27.6. The molecule has 8 nitrogen and oxygen atoms in total. The third-order valence-corrected chi connectivity index (χ3v) is 6.02. The Morgan fingerprint density at radius 3 is 1.84 bits per heavy atom. The molecular weight excluding hydrogens is 484 g/mol. The molecule has 0 spiro atoms. The number of benzene rings is 3. The Labute approximate surface area is 223 Å². The number of rotatable bonds is 9. The van der Waals surface area contributed by atoms with Crippen molar-refractivity contribution in [1.29, 1.82) is 0 Å². The van der Waals surface area contributed by atoms with Gasteiger partial charge < -0.3 is 29.6 Å².